The molecule has 9 heteroatoms. The summed E-state index contributed by atoms with van der Waals surface area (Å²) in [7, 11) is 0. The minimum Gasteiger partial charge on any atom is -0.466 e. The van der Waals surface area contributed by atoms with Crippen molar-refractivity contribution in [2.75, 3.05) is 12.3 Å². The van der Waals surface area contributed by atoms with Crippen molar-refractivity contribution in [3.63, 3.8) is 0 Å². The molecule has 0 atom stereocenters. The first-order valence-corrected chi connectivity index (χ1v) is 5.52. The molecule has 0 radical (unpaired) electrons. The van der Waals surface area contributed by atoms with Crippen molar-refractivity contribution in [3.05, 3.63) is 27.8 Å². The summed E-state index contributed by atoms with van der Waals surface area (Å²) in [6, 6.07) is 1.79. The second-order valence-electron chi connectivity index (χ2n) is 3.63. The smallest absolute Gasteiger partial charge is 0.387 e. The minimum atomic E-state index is -3.19. The molecule has 0 aliphatic heterocycles. The van der Waals surface area contributed by atoms with Crippen LogP contribution in [-0.4, -0.2) is 24.1 Å². The zero-order valence-corrected chi connectivity index (χ0v) is 10.5. The number of nitrogens with two attached hydrogens (primary N) is 1. The molecule has 1 rings (SSSR count). The molecule has 0 aliphatic carbocycles. The highest BCUT2D eigenvalue weighted by molar-refractivity contribution is 5.77. The maximum Gasteiger partial charge on any atom is 0.387 e. The first kappa shape index (κ1) is 15.6. The highest BCUT2D eigenvalue weighted by atomic mass is 19.3. The Kier molecular flexibility index (Phi) is 5.18. The molecular formula is C11H12F2N2O5. The van der Waals surface area contributed by atoms with Crippen molar-refractivity contribution >= 4 is 17.3 Å². The van der Waals surface area contributed by atoms with Crippen LogP contribution >= 0.6 is 0 Å². The molecule has 0 spiro atoms. The van der Waals surface area contributed by atoms with Gasteiger partial charge in [0.1, 0.15) is 0 Å². The molecule has 2 N–H and O–H groups in total. The lowest BCUT2D eigenvalue weighted by Gasteiger charge is -2.11. The summed E-state index contributed by atoms with van der Waals surface area (Å²) in [4.78, 5) is 21.3. The van der Waals surface area contributed by atoms with Gasteiger partial charge < -0.3 is 15.2 Å². The lowest BCUT2D eigenvalue weighted by atomic mass is 10.1. The third kappa shape index (κ3) is 4.04. The van der Waals surface area contributed by atoms with Crippen LogP contribution in [0.3, 0.4) is 0 Å². The fraction of sp³-hybridized carbons (Fsp3) is 0.364. The predicted molar refractivity (Wildman–Crippen MR) is 64.5 cm³/mol. The van der Waals surface area contributed by atoms with Crippen molar-refractivity contribution < 1.29 is 28.0 Å². The number of nitrogens with zero attached hydrogens (tertiary/aromatic N) is 1. The van der Waals surface area contributed by atoms with Gasteiger partial charge in [-0.2, -0.15) is 8.78 Å². The van der Waals surface area contributed by atoms with E-state index in [9.17, 15) is 23.7 Å². The summed E-state index contributed by atoms with van der Waals surface area (Å²) in [6.45, 7) is -1.48. The van der Waals surface area contributed by atoms with Gasteiger partial charge in [-0.05, 0) is 12.5 Å². The molecule has 0 saturated heterocycles. The first-order valence-electron chi connectivity index (χ1n) is 5.52. The van der Waals surface area contributed by atoms with Crippen molar-refractivity contribution in [2.45, 2.75) is 20.0 Å². The van der Waals surface area contributed by atoms with Gasteiger partial charge in [0.15, 0.2) is 5.75 Å². The zero-order valence-electron chi connectivity index (χ0n) is 10.5. The molecule has 7 nitrogen and oxygen atoms in total. The highest BCUT2D eigenvalue weighted by Crippen LogP contribution is 2.32. The number of non-ortho nitro benzene ring substituents is 1. The summed E-state index contributed by atoms with van der Waals surface area (Å²) < 4.78 is 33.2. The Labute approximate surface area is 112 Å². The Hall–Kier alpha value is -2.45. The summed E-state index contributed by atoms with van der Waals surface area (Å²) >= 11 is 0. The van der Waals surface area contributed by atoms with E-state index in [1.54, 1.807) is 6.92 Å². The van der Waals surface area contributed by atoms with E-state index in [2.05, 4.69) is 9.47 Å². The quantitative estimate of drug-likeness (QED) is 0.371. The average Bonchev–Trinajstić information content (AvgIpc) is 2.33. The van der Waals surface area contributed by atoms with E-state index in [0.29, 0.717) is 0 Å². The van der Waals surface area contributed by atoms with Crippen LogP contribution in [0.5, 0.6) is 5.75 Å². The molecule has 0 aromatic heterocycles. The number of rotatable bonds is 6. The van der Waals surface area contributed by atoms with Gasteiger partial charge in [-0.25, -0.2) is 0 Å². The lowest BCUT2D eigenvalue weighted by molar-refractivity contribution is -0.385. The van der Waals surface area contributed by atoms with E-state index in [4.69, 9.17) is 5.73 Å². The minimum absolute atomic E-state index is 0.00620. The van der Waals surface area contributed by atoms with Crippen LogP contribution in [-0.2, 0) is 16.0 Å². The number of anilines is 1. The Bertz CT molecular complexity index is 522. The van der Waals surface area contributed by atoms with Gasteiger partial charge in [-0.3, -0.25) is 14.9 Å². The van der Waals surface area contributed by atoms with E-state index < -0.39 is 28.9 Å². The Morgan fingerprint density at radius 3 is 2.65 bits per heavy atom. The van der Waals surface area contributed by atoms with Gasteiger partial charge in [0.2, 0.25) is 0 Å². The van der Waals surface area contributed by atoms with Crippen LogP contribution in [0.2, 0.25) is 0 Å². The molecule has 0 aliphatic rings. The molecule has 1 aromatic rings. The van der Waals surface area contributed by atoms with E-state index in [1.807, 2.05) is 0 Å². The number of esters is 1. The molecule has 0 saturated carbocycles. The van der Waals surface area contributed by atoms with Gasteiger partial charge in [0, 0.05) is 6.07 Å². The number of nitro benzene ring substituents is 1. The number of hydrogen-bond donors (Lipinski definition) is 1. The van der Waals surface area contributed by atoms with Gasteiger partial charge in [0.05, 0.1) is 29.7 Å². The third-order valence-corrected chi connectivity index (χ3v) is 2.28. The van der Waals surface area contributed by atoms with Crippen molar-refractivity contribution in [2.24, 2.45) is 0 Å². The van der Waals surface area contributed by atoms with Gasteiger partial charge in [0.25, 0.3) is 5.69 Å². The van der Waals surface area contributed by atoms with Crippen LogP contribution in [0.25, 0.3) is 0 Å². The normalized spacial score (nSPS) is 10.4. The number of benzene rings is 1. The van der Waals surface area contributed by atoms with Gasteiger partial charge >= 0.3 is 12.6 Å². The van der Waals surface area contributed by atoms with Gasteiger partial charge in [-0.15, -0.1) is 0 Å². The summed E-state index contributed by atoms with van der Waals surface area (Å²) in [6.07, 6.45) is -0.374. The van der Waals surface area contributed by atoms with Crippen molar-refractivity contribution in [1.29, 1.82) is 0 Å². The number of halogens is 2. The van der Waals surface area contributed by atoms with Crippen molar-refractivity contribution in [1.82, 2.24) is 0 Å². The second kappa shape index (κ2) is 6.64. The maximum absolute atomic E-state index is 12.2. The monoisotopic (exact) mass is 290 g/mol. The van der Waals surface area contributed by atoms with E-state index in [0.717, 1.165) is 12.1 Å². The van der Waals surface area contributed by atoms with Crippen LogP contribution in [0, 0.1) is 10.1 Å². The van der Waals surface area contributed by atoms with Crippen LogP contribution in [0.15, 0.2) is 12.1 Å². The topological polar surface area (TPSA) is 105 Å². The molecule has 0 amide bonds. The molecule has 0 fully saturated rings. The summed E-state index contributed by atoms with van der Waals surface area (Å²) in [5, 5.41) is 10.7. The lowest BCUT2D eigenvalue weighted by Crippen LogP contribution is -2.12. The number of nitrogen functional groups attached to an aromatic ring is 1. The fourth-order valence-electron chi connectivity index (χ4n) is 1.48. The van der Waals surface area contributed by atoms with Crippen LogP contribution in [0.4, 0.5) is 20.2 Å². The number of carbonyl (C=O) groups is 1. The third-order valence-electron chi connectivity index (χ3n) is 2.28. The highest BCUT2D eigenvalue weighted by Gasteiger charge is 2.20. The molecule has 0 bridgehead atoms. The first-order chi connectivity index (χ1) is 9.35. The Morgan fingerprint density at radius 1 is 1.50 bits per heavy atom. The Morgan fingerprint density at radius 2 is 2.15 bits per heavy atom. The number of hydrogen-bond acceptors (Lipinski definition) is 6. The van der Waals surface area contributed by atoms with E-state index in [-0.39, 0.29) is 24.3 Å². The standard InChI is InChI=1S/C11H12F2N2O5/c1-2-19-9(16)4-6-3-7(15(17)18)5-8(10(6)14)20-11(12)13/h3,5,11H,2,4,14H2,1H3. The molecular weight excluding hydrogens is 278 g/mol. The zero-order chi connectivity index (χ0) is 15.3. The molecule has 20 heavy (non-hydrogen) atoms. The molecule has 1 aromatic carbocycles. The number of alkyl halides is 2. The summed E-state index contributed by atoms with van der Waals surface area (Å²) in [5.74, 6) is -1.23. The largest absolute Gasteiger partial charge is 0.466 e. The number of carbonyl (C=O) groups excluding carboxylic acids is 1. The molecule has 110 valence electrons. The second-order valence-corrected chi connectivity index (χ2v) is 3.63. The molecule has 0 heterocycles. The number of ether oxygens (including phenoxy) is 2. The SMILES string of the molecule is CCOC(=O)Cc1cc([N+](=O)[O-])cc(OC(F)F)c1N. The van der Waals surface area contributed by atoms with Gasteiger partial charge in [-0.1, -0.05) is 0 Å². The Balaban J connectivity index is 3.17. The molecule has 0 unspecified atom stereocenters. The summed E-state index contributed by atoms with van der Waals surface area (Å²) in [5.41, 5.74) is 4.78. The van der Waals surface area contributed by atoms with Crippen LogP contribution < -0.4 is 10.5 Å². The average molecular weight is 290 g/mol. The maximum atomic E-state index is 12.2. The van der Waals surface area contributed by atoms with Crippen molar-refractivity contribution in [3.8, 4) is 5.75 Å². The predicted octanol–water partition coefficient (Wildman–Crippen LogP) is 1.88. The van der Waals surface area contributed by atoms with E-state index in [1.165, 1.54) is 0 Å². The van der Waals surface area contributed by atoms with E-state index >= 15 is 0 Å². The fourth-order valence-corrected chi connectivity index (χ4v) is 1.48. The van der Waals surface area contributed by atoms with Crippen LogP contribution in [0.1, 0.15) is 12.5 Å². The number of nitro groups is 1.